The van der Waals surface area contributed by atoms with E-state index in [4.69, 9.17) is 5.73 Å². The third-order valence-corrected chi connectivity index (χ3v) is 2.42. The molecule has 0 aromatic carbocycles. The molecule has 1 amide bonds. The lowest BCUT2D eigenvalue weighted by Crippen LogP contribution is -2.35. The van der Waals surface area contributed by atoms with Crippen LogP contribution in [0, 0.1) is 6.92 Å². The summed E-state index contributed by atoms with van der Waals surface area (Å²) in [6.45, 7) is 8.33. The Morgan fingerprint density at radius 3 is 2.56 bits per heavy atom. The summed E-state index contributed by atoms with van der Waals surface area (Å²) in [6.07, 6.45) is 0. The number of amides is 1. The van der Waals surface area contributed by atoms with Crippen molar-refractivity contribution in [1.29, 1.82) is 0 Å². The SMILES string of the molecule is Cc1c(C(=O)NCC(C)N)n[nH]c1C(C)C. The van der Waals surface area contributed by atoms with Gasteiger partial charge in [0.15, 0.2) is 5.69 Å². The molecule has 0 saturated carbocycles. The second-order valence-corrected chi connectivity index (χ2v) is 4.45. The van der Waals surface area contributed by atoms with Gasteiger partial charge in [-0.05, 0) is 19.8 Å². The highest BCUT2D eigenvalue weighted by Crippen LogP contribution is 2.18. The van der Waals surface area contributed by atoms with Gasteiger partial charge in [0.25, 0.3) is 5.91 Å². The van der Waals surface area contributed by atoms with Gasteiger partial charge in [0.05, 0.1) is 0 Å². The lowest BCUT2D eigenvalue weighted by atomic mass is 10.1. The molecule has 0 aliphatic heterocycles. The number of carbonyl (C=O) groups is 1. The maximum Gasteiger partial charge on any atom is 0.272 e. The molecular weight excluding hydrogens is 204 g/mol. The number of aromatic amines is 1. The van der Waals surface area contributed by atoms with Crippen LogP contribution in [0.2, 0.25) is 0 Å². The fraction of sp³-hybridized carbons (Fsp3) is 0.636. The van der Waals surface area contributed by atoms with Gasteiger partial charge in [0.2, 0.25) is 0 Å². The smallest absolute Gasteiger partial charge is 0.272 e. The molecule has 0 aliphatic carbocycles. The molecule has 0 bridgehead atoms. The molecular formula is C11H20N4O. The summed E-state index contributed by atoms with van der Waals surface area (Å²) in [7, 11) is 0. The molecule has 0 spiro atoms. The van der Waals surface area contributed by atoms with Crippen LogP contribution in [0.3, 0.4) is 0 Å². The van der Waals surface area contributed by atoms with Crippen molar-refractivity contribution in [2.45, 2.75) is 39.7 Å². The van der Waals surface area contributed by atoms with E-state index in [-0.39, 0.29) is 11.9 Å². The molecule has 90 valence electrons. The van der Waals surface area contributed by atoms with Crippen LogP contribution in [0.25, 0.3) is 0 Å². The highest BCUT2D eigenvalue weighted by molar-refractivity contribution is 5.93. The van der Waals surface area contributed by atoms with Gasteiger partial charge in [-0.15, -0.1) is 0 Å². The van der Waals surface area contributed by atoms with E-state index < -0.39 is 0 Å². The minimum Gasteiger partial charge on any atom is -0.349 e. The molecule has 0 fully saturated rings. The largest absolute Gasteiger partial charge is 0.349 e. The summed E-state index contributed by atoms with van der Waals surface area (Å²) in [5, 5.41) is 9.68. The van der Waals surface area contributed by atoms with Gasteiger partial charge in [-0.25, -0.2) is 0 Å². The fourth-order valence-electron chi connectivity index (χ4n) is 1.53. The molecule has 1 atom stereocenters. The lowest BCUT2D eigenvalue weighted by Gasteiger charge is -2.07. The molecule has 0 radical (unpaired) electrons. The average molecular weight is 224 g/mol. The highest BCUT2D eigenvalue weighted by atomic mass is 16.1. The monoisotopic (exact) mass is 224 g/mol. The van der Waals surface area contributed by atoms with Crippen LogP contribution in [0.4, 0.5) is 0 Å². The summed E-state index contributed by atoms with van der Waals surface area (Å²) in [5.41, 5.74) is 7.95. The number of aromatic nitrogens is 2. The zero-order valence-corrected chi connectivity index (χ0v) is 10.3. The quantitative estimate of drug-likeness (QED) is 0.711. The molecule has 16 heavy (non-hydrogen) atoms. The number of hydrogen-bond acceptors (Lipinski definition) is 3. The predicted molar refractivity (Wildman–Crippen MR) is 63.4 cm³/mol. The van der Waals surface area contributed by atoms with E-state index in [1.165, 1.54) is 0 Å². The molecule has 5 heteroatoms. The van der Waals surface area contributed by atoms with Crippen molar-refractivity contribution in [3.8, 4) is 0 Å². The third kappa shape index (κ3) is 2.82. The van der Waals surface area contributed by atoms with Gasteiger partial charge in [-0.2, -0.15) is 5.10 Å². The molecule has 1 aromatic heterocycles. The number of carbonyl (C=O) groups excluding carboxylic acids is 1. The van der Waals surface area contributed by atoms with E-state index in [1.54, 1.807) is 0 Å². The Kier molecular flexibility index (Phi) is 4.06. The Bertz CT molecular complexity index is 368. The predicted octanol–water partition coefficient (Wildman–Crippen LogP) is 0.919. The number of nitrogens with zero attached hydrogens (tertiary/aromatic N) is 1. The summed E-state index contributed by atoms with van der Waals surface area (Å²) < 4.78 is 0. The maximum atomic E-state index is 11.8. The van der Waals surface area contributed by atoms with Gasteiger partial charge in [-0.3, -0.25) is 9.89 Å². The van der Waals surface area contributed by atoms with Crippen molar-refractivity contribution < 1.29 is 4.79 Å². The number of nitrogens with one attached hydrogen (secondary N) is 2. The van der Waals surface area contributed by atoms with Crippen LogP contribution < -0.4 is 11.1 Å². The zero-order valence-electron chi connectivity index (χ0n) is 10.3. The normalized spacial score (nSPS) is 12.9. The average Bonchev–Trinajstić information content (AvgIpc) is 2.56. The van der Waals surface area contributed by atoms with Crippen molar-refractivity contribution in [3.05, 3.63) is 17.0 Å². The van der Waals surface area contributed by atoms with E-state index >= 15 is 0 Å². The minimum absolute atomic E-state index is 0.0484. The topological polar surface area (TPSA) is 83.8 Å². The van der Waals surface area contributed by atoms with Gasteiger partial charge in [0, 0.05) is 23.8 Å². The molecule has 0 aliphatic rings. The minimum atomic E-state index is -0.169. The Morgan fingerprint density at radius 2 is 2.12 bits per heavy atom. The van der Waals surface area contributed by atoms with Gasteiger partial charge < -0.3 is 11.1 Å². The summed E-state index contributed by atoms with van der Waals surface area (Å²) in [5.74, 6) is 0.167. The molecule has 1 aromatic rings. The van der Waals surface area contributed by atoms with Crippen molar-refractivity contribution >= 4 is 5.91 Å². The van der Waals surface area contributed by atoms with Crippen molar-refractivity contribution in [1.82, 2.24) is 15.5 Å². The molecule has 0 saturated heterocycles. The van der Waals surface area contributed by atoms with E-state index in [0.717, 1.165) is 11.3 Å². The van der Waals surface area contributed by atoms with Crippen LogP contribution in [-0.4, -0.2) is 28.7 Å². The molecule has 1 rings (SSSR count). The first-order valence-electron chi connectivity index (χ1n) is 5.52. The number of H-pyrrole nitrogens is 1. The van der Waals surface area contributed by atoms with E-state index in [1.807, 2.05) is 13.8 Å². The number of hydrogen-bond donors (Lipinski definition) is 3. The van der Waals surface area contributed by atoms with Crippen LogP contribution in [-0.2, 0) is 0 Å². The Hall–Kier alpha value is -1.36. The summed E-state index contributed by atoms with van der Waals surface area (Å²) in [4.78, 5) is 11.8. The highest BCUT2D eigenvalue weighted by Gasteiger charge is 2.17. The lowest BCUT2D eigenvalue weighted by molar-refractivity contribution is 0.0946. The second-order valence-electron chi connectivity index (χ2n) is 4.45. The Morgan fingerprint density at radius 1 is 1.50 bits per heavy atom. The molecule has 1 unspecified atom stereocenters. The molecule has 1 heterocycles. The second kappa shape index (κ2) is 5.12. The standard InChI is InChI=1S/C11H20N4O/c1-6(2)9-8(4)10(15-14-9)11(16)13-5-7(3)12/h6-7H,5,12H2,1-4H3,(H,13,16)(H,14,15). The first-order chi connectivity index (χ1) is 7.43. The van der Waals surface area contributed by atoms with Crippen LogP contribution >= 0.6 is 0 Å². The van der Waals surface area contributed by atoms with Crippen LogP contribution in [0.15, 0.2) is 0 Å². The van der Waals surface area contributed by atoms with E-state index in [2.05, 4.69) is 29.4 Å². The third-order valence-electron chi connectivity index (χ3n) is 2.42. The van der Waals surface area contributed by atoms with Gasteiger partial charge >= 0.3 is 0 Å². The zero-order chi connectivity index (χ0) is 12.3. The molecule has 4 N–H and O–H groups in total. The van der Waals surface area contributed by atoms with Gasteiger partial charge in [-0.1, -0.05) is 13.8 Å². The first-order valence-corrected chi connectivity index (χ1v) is 5.52. The maximum absolute atomic E-state index is 11.8. The Labute approximate surface area is 95.8 Å². The van der Waals surface area contributed by atoms with Gasteiger partial charge in [0.1, 0.15) is 0 Å². The van der Waals surface area contributed by atoms with E-state index in [0.29, 0.717) is 18.2 Å². The van der Waals surface area contributed by atoms with E-state index in [9.17, 15) is 4.79 Å². The fourth-order valence-corrected chi connectivity index (χ4v) is 1.53. The van der Waals surface area contributed by atoms with Crippen molar-refractivity contribution in [2.24, 2.45) is 5.73 Å². The summed E-state index contributed by atoms with van der Waals surface area (Å²) >= 11 is 0. The van der Waals surface area contributed by atoms with Crippen molar-refractivity contribution in [2.75, 3.05) is 6.54 Å². The molecule has 5 nitrogen and oxygen atoms in total. The van der Waals surface area contributed by atoms with Crippen LogP contribution in [0.5, 0.6) is 0 Å². The van der Waals surface area contributed by atoms with Crippen molar-refractivity contribution in [3.63, 3.8) is 0 Å². The Balaban J connectivity index is 2.77. The number of nitrogens with two attached hydrogens (primary N) is 1. The number of rotatable bonds is 4. The summed E-state index contributed by atoms with van der Waals surface area (Å²) in [6, 6.07) is -0.0484. The van der Waals surface area contributed by atoms with Crippen LogP contribution in [0.1, 0.15) is 48.4 Å². The first kappa shape index (κ1) is 12.7.